The van der Waals surface area contributed by atoms with Gasteiger partial charge in [0.25, 0.3) is 0 Å². The van der Waals surface area contributed by atoms with E-state index in [1.54, 1.807) is 0 Å². The molecule has 0 aromatic rings. The van der Waals surface area contributed by atoms with Gasteiger partial charge in [-0.15, -0.1) is 0 Å². The number of ether oxygens (including phenoxy) is 3. The Kier molecular flexibility index (Phi) is 20.0. The lowest BCUT2D eigenvalue weighted by atomic mass is 9.70. The largest absolute Gasteiger partial charge is 0.448 e. The molecule has 0 heterocycles. The zero-order valence-corrected chi connectivity index (χ0v) is 27.4. The van der Waals surface area contributed by atoms with E-state index >= 15 is 0 Å². The summed E-state index contributed by atoms with van der Waals surface area (Å²) in [5.74, 6) is -5.81. The highest BCUT2D eigenvalue weighted by Crippen LogP contribution is 2.41. The van der Waals surface area contributed by atoms with Crippen LogP contribution in [0.3, 0.4) is 0 Å². The standard InChI is InChI=1S/C34H58O9/c1-9-11-20-28(36)33(10-2,22-17-13-12-14-19-24-35)23-18-15-16-21-29(41-30(37)25(3)4)34(40,42-31(38)26(5)6)43-32(39)27(7)8/h28-29,35-36,40H,3,5,7,9-24H2,1-2,4,6,8H3. The minimum Gasteiger partial charge on any atom is -0.448 e. The predicted octanol–water partition coefficient (Wildman–Crippen LogP) is 6.59. The number of rotatable bonds is 25. The van der Waals surface area contributed by atoms with Gasteiger partial charge in [-0.3, -0.25) is 0 Å². The molecule has 43 heavy (non-hydrogen) atoms. The van der Waals surface area contributed by atoms with Gasteiger partial charge in [-0.05, 0) is 71.1 Å². The van der Waals surface area contributed by atoms with E-state index in [2.05, 4.69) is 33.6 Å². The average Bonchev–Trinajstić information content (AvgIpc) is 2.95. The van der Waals surface area contributed by atoms with Crippen molar-refractivity contribution in [1.82, 2.24) is 0 Å². The quantitative estimate of drug-likeness (QED) is 0.0452. The summed E-state index contributed by atoms with van der Waals surface area (Å²) in [6.45, 7) is 19.2. The van der Waals surface area contributed by atoms with Crippen LogP contribution >= 0.6 is 0 Å². The van der Waals surface area contributed by atoms with Crippen molar-refractivity contribution in [2.24, 2.45) is 5.41 Å². The summed E-state index contributed by atoms with van der Waals surface area (Å²) in [6.07, 6.45) is 10.2. The van der Waals surface area contributed by atoms with Crippen molar-refractivity contribution in [2.75, 3.05) is 6.61 Å². The minimum atomic E-state index is -2.91. The molecule has 0 fully saturated rings. The number of aliphatic hydroxyl groups excluding tert-OH is 2. The highest BCUT2D eigenvalue weighted by Gasteiger charge is 2.48. The van der Waals surface area contributed by atoms with Gasteiger partial charge in [0.1, 0.15) is 0 Å². The molecule has 0 saturated carbocycles. The predicted molar refractivity (Wildman–Crippen MR) is 168 cm³/mol. The van der Waals surface area contributed by atoms with Gasteiger partial charge in [0.2, 0.25) is 6.10 Å². The Morgan fingerprint density at radius 1 is 0.698 bits per heavy atom. The van der Waals surface area contributed by atoms with Crippen LogP contribution in [0.15, 0.2) is 36.5 Å². The van der Waals surface area contributed by atoms with E-state index < -0.39 is 36.1 Å². The van der Waals surface area contributed by atoms with Gasteiger partial charge in [0.15, 0.2) is 0 Å². The Morgan fingerprint density at radius 2 is 1.16 bits per heavy atom. The van der Waals surface area contributed by atoms with E-state index in [9.17, 15) is 24.6 Å². The highest BCUT2D eigenvalue weighted by molar-refractivity contribution is 5.89. The third-order valence-electron chi connectivity index (χ3n) is 7.90. The molecule has 0 spiro atoms. The molecule has 0 aliphatic carbocycles. The molecule has 3 unspecified atom stereocenters. The fourth-order valence-electron chi connectivity index (χ4n) is 4.99. The normalized spacial score (nSPS) is 14.2. The molecule has 0 radical (unpaired) electrons. The maximum absolute atomic E-state index is 12.5. The first-order valence-corrected chi connectivity index (χ1v) is 15.8. The number of unbranched alkanes of at least 4 members (excludes halogenated alkanes) is 7. The van der Waals surface area contributed by atoms with E-state index in [4.69, 9.17) is 19.3 Å². The number of hydrogen-bond donors (Lipinski definition) is 3. The third-order valence-corrected chi connectivity index (χ3v) is 7.90. The number of carbonyl (C=O) groups excluding carboxylic acids is 3. The van der Waals surface area contributed by atoms with Crippen LogP contribution < -0.4 is 0 Å². The fraction of sp³-hybridized carbons (Fsp3) is 0.735. The van der Waals surface area contributed by atoms with Gasteiger partial charge in [0, 0.05) is 23.3 Å². The summed E-state index contributed by atoms with van der Waals surface area (Å²) in [4.78, 5) is 37.2. The maximum Gasteiger partial charge on any atom is 0.413 e. The van der Waals surface area contributed by atoms with Crippen molar-refractivity contribution in [3.8, 4) is 0 Å². The molecule has 0 amide bonds. The molecule has 248 valence electrons. The number of esters is 3. The van der Waals surface area contributed by atoms with Crippen molar-refractivity contribution in [2.45, 2.75) is 149 Å². The van der Waals surface area contributed by atoms with E-state index in [1.807, 2.05) is 0 Å². The zero-order valence-electron chi connectivity index (χ0n) is 27.4. The molecule has 0 rings (SSSR count). The molecule has 9 nitrogen and oxygen atoms in total. The van der Waals surface area contributed by atoms with Gasteiger partial charge in [-0.2, -0.15) is 0 Å². The van der Waals surface area contributed by atoms with Crippen LogP contribution in [0.4, 0.5) is 0 Å². The Hall–Kier alpha value is -2.49. The number of hydrogen-bond acceptors (Lipinski definition) is 9. The van der Waals surface area contributed by atoms with Crippen LogP contribution in [0.2, 0.25) is 0 Å². The Labute approximate surface area is 259 Å². The molecule has 0 aromatic carbocycles. The van der Waals surface area contributed by atoms with Crippen LogP contribution in [0.25, 0.3) is 0 Å². The van der Waals surface area contributed by atoms with E-state index in [0.29, 0.717) is 12.8 Å². The van der Waals surface area contributed by atoms with Crippen molar-refractivity contribution in [3.63, 3.8) is 0 Å². The SMILES string of the molecule is C=C(C)C(=O)OC(CCCCCC(CC)(CCCCCCCO)C(O)CCCC)C(O)(OC(=O)C(=C)C)OC(=O)C(=C)C. The second kappa shape index (κ2) is 21.3. The average molecular weight is 611 g/mol. The van der Waals surface area contributed by atoms with Crippen LogP contribution in [-0.2, 0) is 28.6 Å². The van der Waals surface area contributed by atoms with Crippen molar-refractivity contribution >= 4 is 17.9 Å². The first-order chi connectivity index (χ1) is 20.2. The van der Waals surface area contributed by atoms with Gasteiger partial charge >= 0.3 is 23.9 Å². The number of carbonyl (C=O) groups is 3. The van der Waals surface area contributed by atoms with Gasteiger partial charge in [-0.1, -0.05) is 85.0 Å². The van der Waals surface area contributed by atoms with E-state index in [0.717, 1.165) is 77.0 Å². The topological polar surface area (TPSA) is 140 Å². The molecule has 0 saturated heterocycles. The number of aliphatic hydroxyl groups is 3. The van der Waals surface area contributed by atoms with E-state index in [-0.39, 0.29) is 35.2 Å². The monoisotopic (exact) mass is 610 g/mol. The Balaban J connectivity index is 5.71. The second-order valence-electron chi connectivity index (χ2n) is 11.9. The smallest absolute Gasteiger partial charge is 0.413 e. The summed E-state index contributed by atoms with van der Waals surface area (Å²) in [7, 11) is 0. The summed E-state index contributed by atoms with van der Waals surface area (Å²) >= 11 is 0. The molecule has 3 N–H and O–H groups in total. The lowest BCUT2D eigenvalue weighted by Crippen LogP contribution is -2.52. The first-order valence-electron chi connectivity index (χ1n) is 15.8. The summed E-state index contributed by atoms with van der Waals surface area (Å²) in [5, 5.41) is 31.5. The minimum absolute atomic E-state index is 0.0187. The second-order valence-corrected chi connectivity index (χ2v) is 11.9. The van der Waals surface area contributed by atoms with Crippen molar-refractivity contribution in [3.05, 3.63) is 36.5 Å². The van der Waals surface area contributed by atoms with E-state index in [1.165, 1.54) is 20.8 Å². The maximum atomic E-state index is 12.5. The first kappa shape index (κ1) is 40.5. The van der Waals surface area contributed by atoms with Crippen LogP contribution in [-0.4, -0.2) is 58.0 Å². The summed E-state index contributed by atoms with van der Waals surface area (Å²) < 4.78 is 15.7. The molecular weight excluding hydrogens is 552 g/mol. The Bertz CT molecular complexity index is 882. The highest BCUT2D eigenvalue weighted by atomic mass is 16.9. The summed E-state index contributed by atoms with van der Waals surface area (Å²) in [6, 6.07) is 0. The van der Waals surface area contributed by atoms with Gasteiger partial charge < -0.3 is 29.5 Å². The molecule has 0 bridgehead atoms. The Morgan fingerprint density at radius 3 is 1.60 bits per heavy atom. The summed E-state index contributed by atoms with van der Waals surface area (Å²) in [5.41, 5.74) is -0.274. The van der Waals surface area contributed by atoms with Crippen LogP contribution in [0.5, 0.6) is 0 Å². The van der Waals surface area contributed by atoms with Crippen LogP contribution in [0, 0.1) is 5.41 Å². The molecule has 3 atom stereocenters. The molecule has 0 aliphatic rings. The van der Waals surface area contributed by atoms with Gasteiger partial charge in [-0.25, -0.2) is 14.4 Å². The molecule has 0 aliphatic heterocycles. The third kappa shape index (κ3) is 15.2. The van der Waals surface area contributed by atoms with Crippen molar-refractivity contribution in [1.29, 1.82) is 0 Å². The van der Waals surface area contributed by atoms with Crippen LogP contribution in [0.1, 0.15) is 131 Å². The lowest BCUT2D eigenvalue weighted by Gasteiger charge is -2.38. The lowest BCUT2D eigenvalue weighted by molar-refractivity contribution is -0.359. The fourth-order valence-corrected chi connectivity index (χ4v) is 4.99. The zero-order chi connectivity index (χ0) is 33.1. The van der Waals surface area contributed by atoms with Gasteiger partial charge in [0.05, 0.1) is 6.10 Å². The van der Waals surface area contributed by atoms with Crippen molar-refractivity contribution < 1.29 is 43.9 Å². The molecule has 0 aromatic heterocycles. The molecular formula is C34H58O9. The molecule has 9 heteroatoms.